The summed E-state index contributed by atoms with van der Waals surface area (Å²) >= 11 is 0. The monoisotopic (exact) mass is 220 g/mol. The second-order valence-corrected chi connectivity index (χ2v) is 3.74. The molecule has 0 aliphatic carbocycles. The summed E-state index contributed by atoms with van der Waals surface area (Å²) in [5.41, 5.74) is 0.645. The van der Waals surface area contributed by atoms with Crippen LogP contribution in [0.4, 0.5) is 0 Å². The van der Waals surface area contributed by atoms with Crippen molar-refractivity contribution in [3.63, 3.8) is 0 Å². The summed E-state index contributed by atoms with van der Waals surface area (Å²) in [7, 11) is 1.59. The predicted octanol–water partition coefficient (Wildman–Crippen LogP) is 0.741. The van der Waals surface area contributed by atoms with Gasteiger partial charge in [0.15, 0.2) is 0 Å². The first-order valence-electron chi connectivity index (χ1n) is 5.46. The molecule has 0 spiro atoms. The number of benzene rings is 1. The molecule has 0 saturated carbocycles. The van der Waals surface area contributed by atoms with Crippen LogP contribution in [0.1, 0.15) is 10.4 Å². The molecule has 0 aromatic heterocycles. The van der Waals surface area contributed by atoms with E-state index in [1.807, 2.05) is 29.2 Å². The van der Waals surface area contributed by atoms with Gasteiger partial charge in [-0.25, -0.2) is 0 Å². The van der Waals surface area contributed by atoms with Crippen molar-refractivity contribution in [2.45, 2.75) is 0 Å². The average molecular weight is 220 g/mol. The SMILES string of the molecule is COc1ccccc1C(=O)N1CCNCC1. The number of piperazine rings is 1. The van der Waals surface area contributed by atoms with Crippen molar-refractivity contribution in [1.82, 2.24) is 10.2 Å². The van der Waals surface area contributed by atoms with Gasteiger partial charge in [0.2, 0.25) is 0 Å². The molecule has 1 aliphatic rings. The van der Waals surface area contributed by atoms with Crippen LogP contribution in [0, 0.1) is 0 Å². The summed E-state index contributed by atoms with van der Waals surface area (Å²) < 4.78 is 5.19. The van der Waals surface area contributed by atoms with Gasteiger partial charge >= 0.3 is 0 Å². The number of amides is 1. The molecule has 0 unspecified atom stereocenters. The van der Waals surface area contributed by atoms with E-state index in [9.17, 15) is 4.79 Å². The second-order valence-electron chi connectivity index (χ2n) is 3.74. The summed E-state index contributed by atoms with van der Waals surface area (Å²) in [4.78, 5) is 14.1. The third kappa shape index (κ3) is 2.17. The Morgan fingerprint density at radius 2 is 2.00 bits per heavy atom. The van der Waals surface area contributed by atoms with Gasteiger partial charge in [-0.15, -0.1) is 0 Å². The number of nitrogens with zero attached hydrogens (tertiary/aromatic N) is 1. The Bertz CT molecular complexity index is 373. The van der Waals surface area contributed by atoms with Crippen molar-refractivity contribution in [3.8, 4) is 5.75 Å². The summed E-state index contributed by atoms with van der Waals surface area (Å²) in [5.74, 6) is 0.699. The van der Waals surface area contributed by atoms with Crippen LogP contribution >= 0.6 is 0 Å². The Hall–Kier alpha value is -1.55. The van der Waals surface area contributed by atoms with Crippen LogP contribution in [0.15, 0.2) is 24.3 Å². The van der Waals surface area contributed by atoms with Crippen molar-refractivity contribution in [2.24, 2.45) is 0 Å². The van der Waals surface area contributed by atoms with E-state index in [-0.39, 0.29) is 5.91 Å². The molecule has 1 amide bonds. The highest BCUT2D eigenvalue weighted by Gasteiger charge is 2.20. The molecule has 4 heteroatoms. The molecular weight excluding hydrogens is 204 g/mol. The van der Waals surface area contributed by atoms with Gasteiger partial charge in [0.25, 0.3) is 5.91 Å². The van der Waals surface area contributed by atoms with Crippen LogP contribution < -0.4 is 10.1 Å². The fraction of sp³-hybridized carbons (Fsp3) is 0.417. The maximum atomic E-state index is 12.2. The first-order chi connectivity index (χ1) is 7.83. The zero-order valence-corrected chi connectivity index (χ0v) is 9.40. The lowest BCUT2D eigenvalue weighted by atomic mass is 10.1. The molecule has 2 rings (SSSR count). The van der Waals surface area contributed by atoms with E-state index in [4.69, 9.17) is 4.74 Å². The quantitative estimate of drug-likeness (QED) is 0.799. The van der Waals surface area contributed by atoms with E-state index >= 15 is 0 Å². The third-order valence-corrected chi connectivity index (χ3v) is 2.74. The molecule has 1 aromatic rings. The van der Waals surface area contributed by atoms with Crippen molar-refractivity contribution >= 4 is 5.91 Å². The molecule has 1 aliphatic heterocycles. The minimum atomic E-state index is 0.0546. The Balaban J connectivity index is 2.19. The number of ether oxygens (including phenoxy) is 1. The van der Waals surface area contributed by atoms with Gasteiger partial charge in [-0.1, -0.05) is 12.1 Å². The van der Waals surface area contributed by atoms with Crippen molar-refractivity contribution in [1.29, 1.82) is 0 Å². The molecule has 0 radical (unpaired) electrons. The molecule has 16 heavy (non-hydrogen) atoms. The highest BCUT2D eigenvalue weighted by Crippen LogP contribution is 2.19. The number of para-hydroxylation sites is 1. The number of hydrogen-bond donors (Lipinski definition) is 1. The van der Waals surface area contributed by atoms with Gasteiger partial charge in [0, 0.05) is 26.2 Å². The summed E-state index contributed by atoms with van der Waals surface area (Å²) in [6.07, 6.45) is 0. The smallest absolute Gasteiger partial charge is 0.257 e. The highest BCUT2D eigenvalue weighted by atomic mass is 16.5. The lowest BCUT2D eigenvalue weighted by Crippen LogP contribution is -2.46. The van der Waals surface area contributed by atoms with Crippen LogP contribution in [0.25, 0.3) is 0 Å². The number of rotatable bonds is 2. The summed E-state index contributed by atoms with van der Waals surface area (Å²) in [6, 6.07) is 7.35. The second kappa shape index (κ2) is 4.99. The Kier molecular flexibility index (Phi) is 3.41. The van der Waals surface area contributed by atoms with E-state index in [1.165, 1.54) is 0 Å². The van der Waals surface area contributed by atoms with E-state index in [2.05, 4.69) is 5.32 Å². The first-order valence-corrected chi connectivity index (χ1v) is 5.46. The van der Waals surface area contributed by atoms with E-state index in [1.54, 1.807) is 7.11 Å². The number of hydrogen-bond acceptors (Lipinski definition) is 3. The number of carbonyl (C=O) groups excluding carboxylic acids is 1. The molecule has 1 N–H and O–H groups in total. The molecule has 0 atom stereocenters. The lowest BCUT2D eigenvalue weighted by molar-refractivity contribution is 0.0732. The Morgan fingerprint density at radius 1 is 1.31 bits per heavy atom. The zero-order chi connectivity index (χ0) is 11.4. The predicted molar refractivity (Wildman–Crippen MR) is 61.8 cm³/mol. The maximum absolute atomic E-state index is 12.2. The molecule has 1 saturated heterocycles. The van der Waals surface area contributed by atoms with E-state index in [0.717, 1.165) is 26.2 Å². The maximum Gasteiger partial charge on any atom is 0.257 e. The van der Waals surface area contributed by atoms with Gasteiger partial charge in [-0.3, -0.25) is 4.79 Å². The van der Waals surface area contributed by atoms with Crippen LogP contribution in [-0.2, 0) is 0 Å². The van der Waals surface area contributed by atoms with Gasteiger partial charge < -0.3 is 15.0 Å². The van der Waals surface area contributed by atoms with Crippen molar-refractivity contribution in [3.05, 3.63) is 29.8 Å². The normalized spacial score (nSPS) is 15.9. The van der Waals surface area contributed by atoms with Crippen LogP contribution in [0.3, 0.4) is 0 Å². The minimum Gasteiger partial charge on any atom is -0.496 e. The lowest BCUT2D eigenvalue weighted by Gasteiger charge is -2.27. The molecule has 1 aromatic carbocycles. The molecule has 1 heterocycles. The van der Waals surface area contributed by atoms with Crippen LogP contribution in [0.5, 0.6) is 5.75 Å². The highest BCUT2D eigenvalue weighted by molar-refractivity contribution is 5.97. The summed E-state index contributed by atoms with van der Waals surface area (Å²) in [5, 5.41) is 3.22. The first kappa shape index (κ1) is 11.0. The molecule has 1 fully saturated rings. The van der Waals surface area contributed by atoms with Crippen LogP contribution in [-0.4, -0.2) is 44.1 Å². The van der Waals surface area contributed by atoms with Gasteiger partial charge in [0.05, 0.1) is 12.7 Å². The fourth-order valence-electron chi connectivity index (χ4n) is 1.86. The van der Waals surface area contributed by atoms with Gasteiger partial charge in [-0.05, 0) is 12.1 Å². The fourth-order valence-corrected chi connectivity index (χ4v) is 1.86. The van der Waals surface area contributed by atoms with Gasteiger partial charge in [-0.2, -0.15) is 0 Å². The Morgan fingerprint density at radius 3 is 2.69 bits per heavy atom. The molecular formula is C12H16N2O2. The average Bonchev–Trinajstić information content (AvgIpc) is 2.39. The number of nitrogens with one attached hydrogen (secondary N) is 1. The largest absolute Gasteiger partial charge is 0.496 e. The summed E-state index contributed by atoms with van der Waals surface area (Å²) in [6.45, 7) is 3.25. The van der Waals surface area contributed by atoms with E-state index in [0.29, 0.717) is 11.3 Å². The van der Waals surface area contributed by atoms with Crippen LogP contribution in [0.2, 0.25) is 0 Å². The van der Waals surface area contributed by atoms with Crippen molar-refractivity contribution in [2.75, 3.05) is 33.3 Å². The molecule has 86 valence electrons. The van der Waals surface area contributed by atoms with Gasteiger partial charge in [0.1, 0.15) is 5.75 Å². The number of carbonyl (C=O) groups is 1. The van der Waals surface area contributed by atoms with Crippen molar-refractivity contribution < 1.29 is 9.53 Å². The zero-order valence-electron chi connectivity index (χ0n) is 9.40. The molecule has 0 bridgehead atoms. The molecule has 4 nitrogen and oxygen atoms in total. The topological polar surface area (TPSA) is 41.6 Å². The van der Waals surface area contributed by atoms with E-state index < -0.39 is 0 Å². The standard InChI is InChI=1S/C12H16N2O2/c1-16-11-5-3-2-4-10(11)12(15)14-8-6-13-7-9-14/h2-5,13H,6-9H2,1H3. The third-order valence-electron chi connectivity index (χ3n) is 2.74. The minimum absolute atomic E-state index is 0.0546. The number of methoxy groups -OCH3 is 1. The Labute approximate surface area is 95.2 Å².